The van der Waals surface area contributed by atoms with Gasteiger partial charge in [-0.1, -0.05) is 74.0 Å². The lowest BCUT2D eigenvalue weighted by atomic mass is 9.94. The van der Waals surface area contributed by atoms with Gasteiger partial charge in [0.2, 0.25) is 11.8 Å². The Morgan fingerprint density at radius 3 is 2.07 bits per heavy atom. The van der Waals surface area contributed by atoms with Crippen LogP contribution in [0.25, 0.3) is 11.1 Å². The molecule has 2 fully saturated rings. The van der Waals surface area contributed by atoms with Gasteiger partial charge in [0.1, 0.15) is 25.3 Å². The molecule has 0 radical (unpaired) electrons. The normalized spacial score (nSPS) is 17.5. The second kappa shape index (κ2) is 14.8. The number of benzene rings is 2. The number of ether oxygens (including phenoxy) is 2. The summed E-state index contributed by atoms with van der Waals surface area (Å²) in [6, 6.07) is 14.4. The van der Waals surface area contributed by atoms with Gasteiger partial charge in [0.05, 0.1) is 6.42 Å². The van der Waals surface area contributed by atoms with Gasteiger partial charge < -0.3 is 19.3 Å². The lowest BCUT2D eigenvalue weighted by Crippen LogP contribution is -2.58. The van der Waals surface area contributed by atoms with Crippen molar-refractivity contribution in [2.75, 3.05) is 40.4 Å². The molecule has 2 aliphatic carbocycles. The summed E-state index contributed by atoms with van der Waals surface area (Å²) in [6.07, 6.45) is 6.92. The zero-order valence-electron chi connectivity index (χ0n) is 26.5. The van der Waals surface area contributed by atoms with E-state index < -0.39 is 24.1 Å². The van der Waals surface area contributed by atoms with Crippen LogP contribution in [0.15, 0.2) is 61.2 Å². The third-order valence-corrected chi connectivity index (χ3v) is 9.63. The molecule has 45 heavy (non-hydrogen) atoms. The summed E-state index contributed by atoms with van der Waals surface area (Å²) < 4.78 is 11.2. The Morgan fingerprint density at radius 1 is 0.867 bits per heavy atom. The van der Waals surface area contributed by atoms with Gasteiger partial charge in [-0.25, -0.2) is 4.79 Å². The lowest BCUT2D eigenvalue weighted by Gasteiger charge is -2.38. The summed E-state index contributed by atoms with van der Waals surface area (Å²) in [5.41, 5.74) is 4.50. The topological polar surface area (TPSA) is 96.5 Å². The number of likely N-dealkylation sites (tertiary alicyclic amines) is 1. The first kappa shape index (κ1) is 32.3. The summed E-state index contributed by atoms with van der Waals surface area (Å²) in [5.74, 6) is -1.40. The fourth-order valence-corrected chi connectivity index (χ4v) is 7.21. The first-order valence-electron chi connectivity index (χ1n) is 16.2. The Hall–Kier alpha value is -4.14. The van der Waals surface area contributed by atoms with Crippen LogP contribution in [0.2, 0.25) is 0 Å². The molecule has 0 aromatic heterocycles. The number of hydrogen-bond donors (Lipinski definition) is 0. The van der Waals surface area contributed by atoms with E-state index in [0.717, 1.165) is 67.2 Å². The number of nitrogens with zero attached hydrogens (tertiary/aromatic N) is 3. The van der Waals surface area contributed by atoms with Gasteiger partial charge in [-0.3, -0.25) is 19.3 Å². The average molecular weight is 616 g/mol. The van der Waals surface area contributed by atoms with Crippen LogP contribution in [0.5, 0.6) is 0 Å². The Morgan fingerprint density at radius 2 is 1.47 bits per heavy atom. The van der Waals surface area contributed by atoms with Crippen molar-refractivity contribution in [3.63, 3.8) is 0 Å². The van der Waals surface area contributed by atoms with Crippen molar-refractivity contribution in [2.45, 2.75) is 69.4 Å². The number of likely N-dealkylation sites (N-methyl/N-ethyl adjacent to an activating group) is 2. The molecule has 240 valence electrons. The van der Waals surface area contributed by atoms with E-state index in [1.807, 2.05) is 24.3 Å². The lowest BCUT2D eigenvalue weighted by molar-refractivity contribution is -0.154. The van der Waals surface area contributed by atoms with Crippen LogP contribution in [0.4, 0.5) is 4.79 Å². The minimum Gasteiger partial charge on any atom is -0.461 e. The smallest absolute Gasteiger partial charge is 0.410 e. The fraction of sp³-hybridized carbons (Fsp3) is 0.500. The summed E-state index contributed by atoms with van der Waals surface area (Å²) in [5, 5.41) is 0. The minimum absolute atomic E-state index is 0.0241. The van der Waals surface area contributed by atoms with Gasteiger partial charge in [-0.2, -0.15) is 0 Å². The summed E-state index contributed by atoms with van der Waals surface area (Å²) >= 11 is 0. The molecule has 1 heterocycles. The highest BCUT2D eigenvalue weighted by Gasteiger charge is 2.42. The molecular weight excluding hydrogens is 570 g/mol. The van der Waals surface area contributed by atoms with E-state index in [1.54, 1.807) is 19.0 Å². The molecule has 3 amide bonds. The highest BCUT2D eigenvalue weighted by atomic mass is 16.6. The molecule has 0 N–H and O–H groups in total. The number of rotatable bonds is 11. The first-order valence-corrected chi connectivity index (χ1v) is 16.2. The Balaban J connectivity index is 1.34. The minimum atomic E-state index is -1.03. The van der Waals surface area contributed by atoms with Crippen LogP contribution in [0, 0.1) is 5.92 Å². The van der Waals surface area contributed by atoms with Crippen LogP contribution in [-0.4, -0.2) is 91.1 Å². The number of esters is 1. The van der Waals surface area contributed by atoms with E-state index >= 15 is 0 Å². The molecular formula is C36H45N3O6. The van der Waals surface area contributed by atoms with Crippen LogP contribution in [0.1, 0.15) is 68.4 Å². The second-order valence-corrected chi connectivity index (χ2v) is 12.4. The summed E-state index contributed by atoms with van der Waals surface area (Å²) in [7, 11) is 3.16. The maximum Gasteiger partial charge on any atom is 0.410 e. The summed E-state index contributed by atoms with van der Waals surface area (Å²) in [6.45, 7) is 4.93. The Bertz CT molecular complexity index is 1350. The van der Waals surface area contributed by atoms with Crippen LogP contribution in [-0.2, 0) is 23.9 Å². The van der Waals surface area contributed by atoms with Crippen molar-refractivity contribution in [1.82, 2.24) is 14.7 Å². The van der Waals surface area contributed by atoms with Crippen LogP contribution in [0.3, 0.4) is 0 Å². The third-order valence-electron chi connectivity index (χ3n) is 9.63. The predicted molar refractivity (Wildman–Crippen MR) is 171 cm³/mol. The third kappa shape index (κ3) is 7.08. The highest BCUT2D eigenvalue weighted by Crippen LogP contribution is 2.44. The van der Waals surface area contributed by atoms with Crippen LogP contribution < -0.4 is 0 Å². The molecule has 2 aromatic rings. The standard InChI is InChI=1S/C36H45N3O6/c1-4-22-44-32(40)23-31(34(41)39-20-12-5-13-21-39)37(2)35(42)33(25-14-6-7-15-25)38(3)36(43)45-24-30-28-18-10-8-16-26(28)27-17-9-11-19-29(27)30/h4,8-11,16-19,25,30-31,33H,1,5-7,12-15,20-24H2,2-3H3/t31-,33-/m0/s1. The predicted octanol–water partition coefficient (Wildman–Crippen LogP) is 5.38. The number of hydrogen-bond acceptors (Lipinski definition) is 6. The molecule has 2 aromatic carbocycles. The molecule has 2 atom stereocenters. The molecule has 0 unspecified atom stereocenters. The molecule has 1 saturated carbocycles. The fourth-order valence-electron chi connectivity index (χ4n) is 7.21. The average Bonchev–Trinajstić information content (AvgIpc) is 3.71. The van der Waals surface area contributed by atoms with E-state index in [2.05, 4.69) is 30.8 Å². The number of carbonyl (C=O) groups excluding carboxylic acids is 4. The summed E-state index contributed by atoms with van der Waals surface area (Å²) in [4.78, 5) is 59.0. The first-order chi connectivity index (χ1) is 21.8. The molecule has 0 spiro atoms. The molecule has 5 rings (SSSR count). The molecule has 1 aliphatic heterocycles. The quantitative estimate of drug-likeness (QED) is 0.249. The van der Waals surface area contributed by atoms with Crippen molar-refractivity contribution >= 4 is 23.9 Å². The van der Waals surface area contributed by atoms with Crippen molar-refractivity contribution in [3.05, 3.63) is 72.3 Å². The van der Waals surface area contributed by atoms with E-state index in [0.29, 0.717) is 13.1 Å². The number of carbonyl (C=O) groups is 4. The Kier molecular flexibility index (Phi) is 10.6. The molecule has 9 nitrogen and oxygen atoms in total. The van der Waals surface area contributed by atoms with Crippen molar-refractivity contribution in [3.8, 4) is 11.1 Å². The molecule has 3 aliphatic rings. The van der Waals surface area contributed by atoms with Gasteiger partial charge in [-0.15, -0.1) is 0 Å². The van der Waals surface area contributed by atoms with Gasteiger partial charge in [0, 0.05) is 33.1 Å². The van der Waals surface area contributed by atoms with Gasteiger partial charge in [0.15, 0.2) is 0 Å². The van der Waals surface area contributed by atoms with E-state index in [1.165, 1.54) is 15.9 Å². The zero-order valence-corrected chi connectivity index (χ0v) is 26.5. The van der Waals surface area contributed by atoms with Crippen molar-refractivity contribution in [2.24, 2.45) is 5.92 Å². The Labute approximate surface area is 266 Å². The molecule has 9 heteroatoms. The van der Waals surface area contributed by atoms with Gasteiger partial charge in [-0.05, 0) is 60.3 Å². The van der Waals surface area contributed by atoms with E-state index in [9.17, 15) is 19.2 Å². The largest absolute Gasteiger partial charge is 0.461 e. The molecule has 0 bridgehead atoms. The number of fused-ring (bicyclic) bond motifs is 3. The van der Waals surface area contributed by atoms with Crippen LogP contribution >= 0.6 is 0 Å². The van der Waals surface area contributed by atoms with Crippen molar-refractivity contribution in [1.29, 1.82) is 0 Å². The van der Waals surface area contributed by atoms with Gasteiger partial charge >= 0.3 is 12.1 Å². The number of piperidine rings is 1. The SMILES string of the molecule is C=CCOC(=O)C[C@@H](C(=O)N1CCCCC1)N(C)C(=O)[C@H](C1CCCC1)N(C)C(=O)OCC1c2ccccc2-c2ccccc21. The maximum absolute atomic E-state index is 14.3. The van der Waals surface area contributed by atoms with E-state index in [4.69, 9.17) is 9.47 Å². The number of amides is 3. The molecule has 1 saturated heterocycles. The van der Waals surface area contributed by atoms with E-state index in [-0.39, 0.29) is 43.3 Å². The van der Waals surface area contributed by atoms with Gasteiger partial charge in [0.25, 0.3) is 0 Å². The highest BCUT2D eigenvalue weighted by molar-refractivity contribution is 5.93. The second-order valence-electron chi connectivity index (χ2n) is 12.4. The van der Waals surface area contributed by atoms with Crippen molar-refractivity contribution < 1.29 is 28.7 Å². The zero-order chi connectivity index (χ0) is 31.9. The monoisotopic (exact) mass is 615 g/mol. The maximum atomic E-state index is 14.3.